The van der Waals surface area contributed by atoms with Crippen molar-refractivity contribution in [2.24, 2.45) is 0 Å². The van der Waals surface area contributed by atoms with E-state index in [1.54, 1.807) is 4.57 Å². The first-order valence-corrected chi connectivity index (χ1v) is 9.96. The molecule has 0 saturated carbocycles. The van der Waals surface area contributed by atoms with Crippen LogP contribution >= 0.6 is 24.0 Å². The molecule has 3 heterocycles. The highest BCUT2D eigenvalue weighted by Gasteiger charge is 2.44. The van der Waals surface area contributed by atoms with Crippen LogP contribution in [0.3, 0.4) is 0 Å². The Balaban J connectivity index is 1.79. The number of anilines is 1. The number of aliphatic hydroxyl groups is 3. The number of hydrogen-bond donors (Lipinski definition) is 5. The Morgan fingerprint density at radius 1 is 1.21 bits per heavy atom. The molecule has 2 aromatic heterocycles. The number of benzene rings is 1. The zero-order valence-corrected chi connectivity index (χ0v) is 16.2. The number of nitrogens with zero attached hydrogens (tertiary/aromatic N) is 3. The molecule has 1 aliphatic rings. The number of hydrogen-bond acceptors (Lipinski definition) is 9. The van der Waals surface area contributed by atoms with Gasteiger partial charge < -0.3 is 30.8 Å². The number of nitrogens with one attached hydrogen (secondary N) is 1. The van der Waals surface area contributed by atoms with Crippen molar-refractivity contribution < 1.29 is 20.1 Å². The Hall–Kier alpha value is -2.02. The van der Waals surface area contributed by atoms with Crippen LogP contribution in [0.5, 0.6) is 0 Å². The van der Waals surface area contributed by atoms with E-state index in [1.807, 2.05) is 30.3 Å². The molecule has 0 unspecified atom stereocenters. The fourth-order valence-electron chi connectivity index (χ4n) is 3.15. The molecular weight excluding hydrogens is 402 g/mol. The van der Waals surface area contributed by atoms with Crippen LogP contribution in [-0.4, -0.2) is 59.8 Å². The lowest BCUT2D eigenvalue weighted by molar-refractivity contribution is -0.0548. The number of thioether (sulfide) groups is 1. The van der Waals surface area contributed by atoms with E-state index in [1.165, 1.54) is 11.8 Å². The highest BCUT2D eigenvalue weighted by molar-refractivity contribution is 7.98. The lowest BCUT2D eigenvalue weighted by Crippen LogP contribution is -2.33. The van der Waals surface area contributed by atoms with Gasteiger partial charge in [-0.25, -0.2) is 9.97 Å². The highest BCUT2D eigenvalue weighted by atomic mass is 32.2. The van der Waals surface area contributed by atoms with Gasteiger partial charge in [0.25, 0.3) is 0 Å². The summed E-state index contributed by atoms with van der Waals surface area (Å²) in [5, 5.41) is 30.6. The van der Waals surface area contributed by atoms with Gasteiger partial charge in [0.15, 0.2) is 22.0 Å². The summed E-state index contributed by atoms with van der Waals surface area (Å²) >= 11 is 6.70. The highest BCUT2D eigenvalue weighted by Crippen LogP contribution is 2.36. The molecule has 4 rings (SSSR count). The summed E-state index contributed by atoms with van der Waals surface area (Å²) in [6, 6.07) is 9.83. The third-order valence-corrected chi connectivity index (χ3v) is 5.84. The maximum absolute atomic E-state index is 10.5. The topological polar surface area (TPSA) is 142 Å². The second-order valence-corrected chi connectivity index (χ2v) is 7.72. The predicted molar refractivity (Wildman–Crippen MR) is 106 cm³/mol. The number of H-pyrrole nitrogens is 1. The molecule has 11 heteroatoms. The summed E-state index contributed by atoms with van der Waals surface area (Å²) < 4.78 is 7.54. The molecule has 0 spiro atoms. The van der Waals surface area contributed by atoms with E-state index < -0.39 is 31.1 Å². The maximum Gasteiger partial charge on any atom is 0.200 e. The minimum atomic E-state index is -1.26. The van der Waals surface area contributed by atoms with E-state index in [2.05, 4.69) is 15.0 Å². The molecule has 148 valence electrons. The summed E-state index contributed by atoms with van der Waals surface area (Å²) in [4.78, 5) is 11.5. The first-order chi connectivity index (χ1) is 13.5. The van der Waals surface area contributed by atoms with Gasteiger partial charge in [-0.05, 0) is 5.56 Å². The zero-order valence-electron chi connectivity index (χ0n) is 14.6. The van der Waals surface area contributed by atoms with Crippen LogP contribution in [0.25, 0.3) is 11.2 Å². The Morgan fingerprint density at radius 3 is 2.64 bits per heavy atom. The monoisotopic (exact) mass is 421 g/mol. The third kappa shape index (κ3) is 3.41. The molecule has 4 atom stereocenters. The predicted octanol–water partition coefficient (Wildman–Crippen LogP) is 0.975. The van der Waals surface area contributed by atoms with Crippen LogP contribution in [0.15, 0.2) is 35.5 Å². The van der Waals surface area contributed by atoms with Crippen molar-refractivity contribution in [2.75, 3.05) is 12.3 Å². The molecule has 0 radical (unpaired) electrons. The lowest BCUT2D eigenvalue weighted by Gasteiger charge is -2.19. The molecular formula is C17H19N5O4S2. The minimum absolute atomic E-state index is 0.102. The smallest absolute Gasteiger partial charge is 0.200 e. The summed E-state index contributed by atoms with van der Waals surface area (Å²) in [6.45, 7) is -0.423. The van der Waals surface area contributed by atoms with Crippen molar-refractivity contribution in [3.8, 4) is 0 Å². The Morgan fingerprint density at radius 2 is 1.96 bits per heavy atom. The average molecular weight is 422 g/mol. The second-order valence-electron chi connectivity index (χ2n) is 6.39. The van der Waals surface area contributed by atoms with Crippen LogP contribution in [-0.2, 0) is 10.5 Å². The largest absolute Gasteiger partial charge is 0.394 e. The van der Waals surface area contributed by atoms with Gasteiger partial charge in [0.1, 0.15) is 29.5 Å². The van der Waals surface area contributed by atoms with Crippen LogP contribution in [0.4, 0.5) is 5.95 Å². The first-order valence-electron chi connectivity index (χ1n) is 8.56. The summed E-state index contributed by atoms with van der Waals surface area (Å²) in [5.74, 6) is 0.722. The number of nitrogen functional groups attached to an aromatic ring is 1. The molecule has 1 aliphatic heterocycles. The number of aromatic nitrogens is 4. The van der Waals surface area contributed by atoms with Gasteiger partial charge in [-0.15, -0.1) is 0 Å². The van der Waals surface area contributed by atoms with Crippen molar-refractivity contribution in [1.82, 2.24) is 19.5 Å². The molecule has 0 aliphatic carbocycles. The van der Waals surface area contributed by atoms with Crippen LogP contribution in [0, 0.1) is 4.64 Å². The average Bonchev–Trinajstić information content (AvgIpc) is 3.18. The van der Waals surface area contributed by atoms with Gasteiger partial charge in [-0.2, -0.15) is 0 Å². The maximum atomic E-state index is 10.5. The summed E-state index contributed by atoms with van der Waals surface area (Å²) in [7, 11) is 0. The molecule has 1 aromatic carbocycles. The second kappa shape index (κ2) is 7.78. The molecule has 0 bridgehead atoms. The van der Waals surface area contributed by atoms with E-state index >= 15 is 0 Å². The van der Waals surface area contributed by atoms with Crippen molar-refractivity contribution in [1.29, 1.82) is 0 Å². The third-order valence-electron chi connectivity index (χ3n) is 4.53. The minimum Gasteiger partial charge on any atom is -0.394 e. The molecule has 28 heavy (non-hydrogen) atoms. The van der Waals surface area contributed by atoms with E-state index in [4.69, 9.17) is 22.7 Å². The summed E-state index contributed by atoms with van der Waals surface area (Å²) in [6.07, 6.45) is -4.38. The van der Waals surface area contributed by atoms with Gasteiger partial charge in [-0.1, -0.05) is 54.3 Å². The molecule has 1 fully saturated rings. The molecule has 9 nitrogen and oxygen atoms in total. The number of rotatable bonds is 5. The van der Waals surface area contributed by atoms with E-state index in [0.29, 0.717) is 22.1 Å². The Kier molecular flexibility index (Phi) is 5.36. The van der Waals surface area contributed by atoms with Crippen LogP contribution in [0.1, 0.15) is 11.8 Å². The van der Waals surface area contributed by atoms with Gasteiger partial charge in [-0.3, -0.25) is 4.57 Å². The van der Waals surface area contributed by atoms with Gasteiger partial charge in [0.05, 0.1) is 6.61 Å². The fraction of sp³-hybridized carbons (Fsp3) is 0.353. The van der Waals surface area contributed by atoms with E-state index in [0.717, 1.165) is 5.56 Å². The Bertz CT molecular complexity index is 1040. The van der Waals surface area contributed by atoms with Gasteiger partial charge in [0, 0.05) is 5.75 Å². The number of aliphatic hydroxyl groups excluding tert-OH is 3. The molecule has 6 N–H and O–H groups in total. The van der Waals surface area contributed by atoms with Gasteiger partial charge in [0.2, 0.25) is 0 Å². The first kappa shape index (κ1) is 19.3. The van der Waals surface area contributed by atoms with Crippen LogP contribution in [0.2, 0.25) is 0 Å². The molecule has 3 aromatic rings. The number of imidazole rings is 1. The van der Waals surface area contributed by atoms with Crippen molar-refractivity contribution in [3.63, 3.8) is 0 Å². The number of nitrogens with two attached hydrogens (primary N) is 1. The number of aromatic amines is 1. The zero-order chi connectivity index (χ0) is 19.8. The lowest BCUT2D eigenvalue weighted by atomic mass is 10.1. The summed E-state index contributed by atoms with van der Waals surface area (Å²) in [5.41, 5.74) is 7.75. The molecule has 1 saturated heterocycles. The van der Waals surface area contributed by atoms with Gasteiger partial charge >= 0.3 is 0 Å². The fourth-order valence-corrected chi connectivity index (χ4v) is 4.36. The molecule has 0 amide bonds. The quantitative estimate of drug-likeness (QED) is 0.301. The number of fused-ring (bicyclic) bond motifs is 1. The standard InChI is InChI=1S/C17H19N5O4S2/c18-16-20-13-10(14(27)21-16)19-17(28-7-8-4-2-1-3-5-8)22(13)15-12(25)11(24)9(6-23)26-15/h1-5,9,11-12,15,23-25H,6-7H2,(H3,18,20,21,27)/t9-,11-,12-,15-/m1/s1. The van der Waals surface area contributed by atoms with Crippen molar-refractivity contribution >= 4 is 41.1 Å². The number of ether oxygens (including phenoxy) is 1. The van der Waals surface area contributed by atoms with E-state index in [-0.39, 0.29) is 10.6 Å². The van der Waals surface area contributed by atoms with E-state index in [9.17, 15) is 15.3 Å². The van der Waals surface area contributed by atoms with Crippen LogP contribution < -0.4 is 5.73 Å². The van der Waals surface area contributed by atoms with Crippen molar-refractivity contribution in [2.45, 2.75) is 35.4 Å². The SMILES string of the molecule is Nc1nc(=S)c2nc(SCc3ccccc3)n([C@@H]3O[C@H](CO)[C@@H](O)[C@H]3O)c2[nH]1. The Labute approximate surface area is 169 Å². The van der Waals surface area contributed by atoms with Crippen molar-refractivity contribution in [3.05, 3.63) is 40.5 Å². The normalized spacial score (nSPS) is 24.8.